The van der Waals surface area contributed by atoms with Crippen molar-refractivity contribution in [3.05, 3.63) is 76.2 Å². The maximum atomic E-state index is 12.2. The Morgan fingerprint density at radius 2 is 1.84 bits per heavy atom. The van der Waals surface area contributed by atoms with Gasteiger partial charge in [-0.25, -0.2) is 0 Å². The largest absolute Gasteiger partial charge is 0.279 e. The van der Waals surface area contributed by atoms with Gasteiger partial charge in [0.15, 0.2) is 11.0 Å². The van der Waals surface area contributed by atoms with E-state index in [0.717, 1.165) is 5.56 Å². The fourth-order valence-electron chi connectivity index (χ4n) is 2.66. The van der Waals surface area contributed by atoms with E-state index < -0.39 is 0 Å². The van der Waals surface area contributed by atoms with E-state index in [0.29, 0.717) is 26.6 Å². The molecule has 31 heavy (non-hydrogen) atoms. The van der Waals surface area contributed by atoms with Crippen molar-refractivity contribution in [3.8, 4) is 17.1 Å². The van der Waals surface area contributed by atoms with Gasteiger partial charge in [-0.2, -0.15) is 0 Å². The molecule has 4 aromatic rings. The number of carbonyl (C=O) groups excluding carboxylic acids is 2. The number of hydrogen-bond donors (Lipinski definition) is 2. The second kappa shape index (κ2) is 9.73. The minimum absolute atomic E-state index is 0.0175. The Morgan fingerprint density at radius 1 is 1.03 bits per heavy atom. The fourth-order valence-corrected chi connectivity index (χ4v) is 4.25. The van der Waals surface area contributed by atoms with Crippen LogP contribution < -0.4 is 10.9 Å². The molecule has 0 aliphatic rings. The number of pyridine rings is 1. The summed E-state index contributed by atoms with van der Waals surface area (Å²) < 4.78 is 1.79. The first-order chi connectivity index (χ1) is 15.1. The first-order valence-electron chi connectivity index (χ1n) is 8.99. The summed E-state index contributed by atoms with van der Waals surface area (Å²) >= 11 is 8.88. The van der Waals surface area contributed by atoms with Crippen LogP contribution in [0.4, 0.5) is 0 Å². The summed E-state index contributed by atoms with van der Waals surface area (Å²) in [6.07, 6.45) is 3.33. The highest BCUT2D eigenvalue weighted by Crippen LogP contribution is 2.31. The highest BCUT2D eigenvalue weighted by molar-refractivity contribution is 7.99. The molecule has 156 valence electrons. The zero-order valence-corrected chi connectivity index (χ0v) is 18.2. The van der Waals surface area contributed by atoms with Crippen molar-refractivity contribution in [2.24, 2.45) is 0 Å². The second-order valence-corrected chi connectivity index (χ2v) is 8.39. The minimum Gasteiger partial charge on any atom is -0.272 e. The summed E-state index contributed by atoms with van der Waals surface area (Å²) in [5.41, 5.74) is 6.30. The molecule has 0 aliphatic carbocycles. The Labute approximate surface area is 190 Å². The lowest BCUT2D eigenvalue weighted by atomic mass is 10.2. The standard InChI is InChI=1S/C20H15ClN6O2S2/c21-14-4-1-2-5-15(14)27-18(13-7-9-22-10-8-13)24-26-20(27)31-12-17(28)23-25-19(29)16-6-3-11-30-16/h1-11H,12H2,(H,23,28)(H,25,29). The van der Waals surface area contributed by atoms with Crippen LogP contribution in [0.15, 0.2) is 71.5 Å². The Morgan fingerprint density at radius 3 is 2.58 bits per heavy atom. The summed E-state index contributed by atoms with van der Waals surface area (Å²) in [7, 11) is 0. The Bertz CT molecular complexity index is 1200. The summed E-state index contributed by atoms with van der Waals surface area (Å²) in [6, 6.07) is 14.4. The van der Waals surface area contributed by atoms with Crippen LogP contribution in [0.5, 0.6) is 0 Å². The van der Waals surface area contributed by atoms with E-state index in [9.17, 15) is 9.59 Å². The van der Waals surface area contributed by atoms with Gasteiger partial charge < -0.3 is 0 Å². The van der Waals surface area contributed by atoms with Gasteiger partial charge in [-0.05, 0) is 35.7 Å². The molecule has 3 aromatic heterocycles. The van der Waals surface area contributed by atoms with Crippen molar-refractivity contribution < 1.29 is 9.59 Å². The molecule has 0 atom stereocenters. The molecule has 0 spiro atoms. The summed E-state index contributed by atoms with van der Waals surface area (Å²) in [4.78, 5) is 28.7. The van der Waals surface area contributed by atoms with E-state index in [1.807, 2.05) is 30.3 Å². The van der Waals surface area contributed by atoms with Crippen molar-refractivity contribution >= 4 is 46.5 Å². The molecule has 4 rings (SSSR count). The number of halogens is 1. The molecule has 2 N–H and O–H groups in total. The highest BCUT2D eigenvalue weighted by atomic mass is 35.5. The molecule has 3 heterocycles. The number of thioether (sulfide) groups is 1. The average molecular weight is 471 g/mol. The Hall–Kier alpha value is -3.21. The van der Waals surface area contributed by atoms with Gasteiger partial charge in [0.1, 0.15) is 0 Å². The first kappa shape index (κ1) is 21.0. The van der Waals surface area contributed by atoms with Gasteiger partial charge >= 0.3 is 0 Å². The van der Waals surface area contributed by atoms with E-state index in [1.54, 1.807) is 40.5 Å². The van der Waals surface area contributed by atoms with Gasteiger partial charge in [-0.1, -0.05) is 41.6 Å². The smallest absolute Gasteiger partial charge is 0.272 e. The predicted molar refractivity (Wildman–Crippen MR) is 120 cm³/mol. The van der Waals surface area contributed by atoms with Crippen LogP contribution in [0.25, 0.3) is 17.1 Å². The molecule has 0 saturated carbocycles. The van der Waals surface area contributed by atoms with E-state index in [1.165, 1.54) is 23.1 Å². The minimum atomic E-state index is -0.380. The topological polar surface area (TPSA) is 102 Å². The van der Waals surface area contributed by atoms with Crippen LogP contribution in [0.3, 0.4) is 0 Å². The van der Waals surface area contributed by atoms with E-state index in [4.69, 9.17) is 11.6 Å². The van der Waals surface area contributed by atoms with Crippen LogP contribution in [0.1, 0.15) is 9.67 Å². The van der Waals surface area contributed by atoms with Crippen molar-refractivity contribution in [3.63, 3.8) is 0 Å². The summed E-state index contributed by atoms with van der Waals surface area (Å²) in [5.74, 6) is -0.157. The van der Waals surface area contributed by atoms with Gasteiger partial charge in [0, 0.05) is 18.0 Å². The number of hydrogen-bond acceptors (Lipinski definition) is 7. The lowest BCUT2D eigenvalue weighted by Crippen LogP contribution is -2.42. The molecule has 8 nitrogen and oxygen atoms in total. The normalized spacial score (nSPS) is 10.6. The van der Waals surface area contributed by atoms with Crippen molar-refractivity contribution in [2.75, 3.05) is 5.75 Å². The summed E-state index contributed by atoms with van der Waals surface area (Å²) in [5, 5.41) is 11.3. The number of carbonyl (C=O) groups is 2. The first-order valence-corrected chi connectivity index (χ1v) is 11.2. The zero-order valence-electron chi connectivity index (χ0n) is 15.9. The van der Waals surface area contributed by atoms with Crippen LogP contribution >= 0.6 is 34.7 Å². The maximum Gasteiger partial charge on any atom is 0.279 e. The number of aromatic nitrogens is 4. The number of amides is 2. The number of hydrazine groups is 1. The number of para-hydroxylation sites is 1. The molecule has 2 amide bonds. The average Bonchev–Trinajstić information content (AvgIpc) is 3.47. The third-order valence-electron chi connectivity index (χ3n) is 4.06. The molecule has 0 radical (unpaired) electrons. The van der Waals surface area contributed by atoms with Crippen LogP contribution in [0.2, 0.25) is 5.02 Å². The van der Waals surface area contributed by atoms with E-state index >= 15 is 0 Å². The quantitative estimate of drug-likeness (QED) is 0.330. The highest BCUT2D eigenvalue weighted by Gasteiger charge is 2.19. The maximum absolute atomic E-state index is 12.2. The predicted octanol–water partition coefficient (Wildman–Crippen LogP) is 3.60. The number of rotatable bonds is 6. The van der Waals surface area contributed by atoms with Gasteiger partial charge in [0.2, 0.25) is 5.91 Å². The Kier molecular flexibility index (Phi) is 6.60. The Balaban J connectivity index is 1.52. The molecule has 0 bridgehead atoms. The van der Waals surface area contributed by atoms with Gasteiger partial charge in [-0.15, -0.1) is 21.5 Å². The third-order valence-corrected chi connectivity index (χ3v) is 6.18. The number of benzene rings is 1. The van der Waals surface area contributed by atoms with Crippen molar-refractivity contribution in [1.29, 1.82) is 0 Å². The lowest BCUT2D eigenvalue weighted by Gasteiger charge is -2.12. The lowest BCUT2D eigenvalue weighted by molar-refractivity contribution is -0.119. The second-order valence-electron chi connectivity index (χ2n) is 6.10. The molecule has 0 fully saturated rings. The van der Waals surface area contributed by atoms with Gasteiger partial charge in [0.25, 0.3) is 5.91 Å². The van der Waals surface area contributed by atoms with E-state index in [-0.39, 0.29) is 17.6 Å². The van der Waals surface area contributed by atoms with Crippen molar-refractivity contribution in [2.45, 2.75) is 5.16 Å². The van der Waals surface area contributed by atoms with Crippen LogP contribution in [-0.2, 0) is 4.79 Å². The summed E-state index contributed by atoms with van der Waals surface area (Å²) in [6.45, 7) is 0. The molecular formula is C20H15ClN6O2S2. The van der Waals surface area contributed by atoms with Crippen LogP contribution in [0, 0.1) is 0 Å². The molecule has 1 aromatic carbocycles. The van der Waals surface area contributed by atoms with E-state index in [2.05, 4.69) is 26.0 Å². The molecule has 0 unspecified atom stereocenters. The molecular weight excluding hydrogens is 456 g/mol. The fraction of sp³-hybridized carbons (Fsp3) is 0.0500. The van der Waals surface area contributed by atoms with Gasteiger partial charge in [-0.3, -0.25) is 30.0 Å². The molecule has 11 heteroatoms. The number of nitrogens with zero attached hydrogens (tertiary/aromatic N) is 4. The number of thiophene rings is 1. The zero-order chi connectivity index (χ0) is 21.6. The number of nitrogens with one attached hydrogen (secondary N) is 2. The van der Waals surface area contributed by atoms with Gasteiger partial charge in [0.05, 0.1) is 21.3 Å². The third kappa shape index (κ3) is 4.93. The van der Waals surface area contributed by atoms with Crippen molar-refractivity contribution in [1.82, 2.24) is 30.6 Å². The SMILES string of the molecule is O=C(CSc1nnc(-c2ccncc2)n1-c1ccccc1Cl)NNC(=O)c1cccs1. The molecule has 0 saturated heterocycles. The monoisotopic (exact) mass is 470 g/mol. The molecule has 0 aliphatic heterocycles. The van der Waals surface area contributed by atoms with Crippen LogP contribution in [-0.4, -0.2) is 37.3 Å².